The third-order valence-corrected chi connectivity index (χ3v) is 5.44. The first-order valence-electron chi connectivity index (χ1n) is 8.18. The molecular weight excluding hydrogens is 364 g/mol. The van der Waals surface area contributed by atoms with Crippen LogP contribution >= 0.6 is 15.9 Å². The lowest BCUT2D eigenvalue weighted by Gasteiger charge is -2.38. The van der Waals surface area contributed by atoms with Crippen molar-refractivity contribution >= 4 is 21.6 Å². The lowest BCUT2D eigenvalue weighted by Crippen LogP contribution is -2.43. The van der Waals surface area contributed by atoms with E-state index in [0.717, 1.165) is 47.2 Å². The number of hydrogen-bond donors (Lipinski definition) is 0. The van der Waals surface area contributed by atoms with Gasteiger partial charge in [0, 0.05) is 22.9 Å². The van der Waals surface area contributed by atoms with E-state index < -0.39 is 0 Å². The summed E-state index contributed by atoms with van der Waals surface area (Å²) in [6, 6.07) is 14.6. The van der Waals surface area contributed by atoms with Gasteiger partial charge in [0.05, 0.1) is 5.10 Å². The average Bonchev–Trinajstić information content (AvgIpc) is 2.74. The molecular formula is C20H17BrN2O. The topological polar surface area (TPSA) is 25.9 Å². The van der Waals surface area contributed by atoms with E-state index in [9.17, 15) is 0 Å². The third-order valence-electron chi connectivity index (χ3n) is 4.95. The summed E-state index contributed by atoms with van der Waals surface area (Å²) >= 11 is 3.50. The van der Waals surface area contributed by atoms with E-state index in [2.05, 4.69) is 50.3 Å². The zero-order chi connectivity index (χ0) is 16.6. The minimum absolute atomic E-state index is 0.295. The van der Waals surface area contributed by atoms with Crippen molar-refractivity contribution < 1.29 is 4.74 Å². The van der Waals surface area contributed by atoms with Crippen LogP contribution in [-0.4, -0.2) is 11.3 Å². The Balaban J connectivity index is 1.79. The summed E-state index contributed by atoms with van der Waals surface area (Å²) in [5, 5.41) is 4.11. The molecule has 2 aromatic rings. The van der Waals surface area contributed by atoms with Gasteiger partial charge in [-0.2, -0.15) is 6.57 Å². The maximum atomic E-state index is 7.18. The van der Waals surface area contributed by atoms with Crippen LogP contribution in [0.25, 0.3) is 4.95 Å². The van der Waals surface area contributed by atoms with Crippen molar-refractivity contribution in [2.75, 3.05) is 0 Å². The highest BCUT2D eigenvalue weighted by atomic mass is 79.9. The van der Waals surface area contributed by atoms with Crippen LogP contribution in [0.15, 0.2) is 52.0 Å². The van der Waals surface area contributed by atoms with Crippen LogP contribution in [0.5, 0.6) is 5.75 Å². The molecule has 1 aliphatic heterocycles. The summed E-state index contributed by atoms with van der Waals surface area (Å²) in [4.78, 5) is 3.30. The van der Waals surface area contributed by atoms with Crippen LogP contribution < -0.4 is 4.74 Å². The Hall–Kier alpha value is -2.12. The second-order valence-electron chi connectivity index (χ2n) is 6.55. The Morgan fingerprint density at radius 2 is 1.96 bits per heavy atom. The molecule has 2 aromatic carbocycles. The first kappa shape index (κ1) is 15.4. The zero-order valence-corrected chi connectivity index (χ0v) is 14.8. The van der Waals surface area contributed by atoms with E-state index in [4.69, 9.17) is 11.3 Å². The Morgan fingerprint density at radius 1 is 1.12 bits per heavy atom. The smallest absolute Gasteiger partial charge is 0.138 e. The van der Waals surface area contributed by atoms with Crippen LogP contribution in [-0.2, 0) is 12.8 Å². The van der Waals surface area contributed by atoms with Gasteiger partial charge >= 0.3 is 0 Å². The van der Waals surface area contributed by atoms with E-state index in [1.807, 2.05) is 18.2 Å². The normalized spacial score (nSPS) is 23.8. The predicted molar refractivity (Wildman–Crippen MR) is 98.3 cm³/mol. The molecule has 0 saturated carbocycles. The van der Waals surface area contributed by atoms with Gasteiger partial charge in [-0.1, -0.05) is 40.2 Å². The fourth-order valence-corrected chi connectivity index (χ4v) is 4.25. The molecule has 0 aromatic heterocycles. The molecule has 1 spiro atoms. The molecule has 0 bridgehead atoms. The number of halogens is 1. The first-order chi connectivity index (χ1) is 11.7. The van der Waals surface area contributed by atoms with Crippen molar-refractivity contribution in [2.24, 2.45) is 5.10 Å². The van der Waals surface area contributed by atoms with E-state index in [0.29, 0.717) is 6.42 Å². The predicted octanol–water partition coefficient (Wildman–Crippen LogP) is 5.17. The van der Waals surface area contributed by atoms with Crippen LogP contribution in [0.3, 0.4) is 0 Å². The lowest BCUT2D eigenvalue weighted by atomic mass is 9.82. The molecule has 4 heteroatoms. The molecule has 1 atom stereocenters. The van der Waals surface area contributed by atoms with Gasteiger partial charge in [0.25, 0.3) is 0 Å². The maximum Gasteiger partial charge on any atom is 0.138 e. The summed E-state index contributed by atoms with van der Waals surface area (Å²) < 4.78 is 7.50. The summed E-state index contributed by atoms with van der Waals surface area (Å²) in [6.45, 7) is 7.18. The number of fused-ring (bicyclic) bond motifs is 2. The lowest BCUT2D eigenvalue weighted by molar-refractivity contribution is 0.0618. The minimum Gasteiger partial charge on any atom is -0.486 e. The van der Waals surface area contributed by atoms with E-state index in [-0.39, 0.29) is 5.60 Å². The van der Waals surface area contributed by atoms with Crippen LogP contribution in [0.4, 0.5) is 0 Å². The minimum atomic E-state index is -0.295. The largest absolute Gasteiger partial charge is 0.486 e. The van der Waals surface area contributed by atoms with Gasteiger partial charge in [-0.05, 0) is 48.6 Å². The number of ether oxygens (including phenoxy) is 1. The monoisotopic (exact) mass is 380 g/mol. The molecule has 1 heterocycles. The fourth-order valence-electron chi connectivity index (χ4n) is 3.88. The SMILES string of the molecule is [C-]#[N+]/N=C1\CC2(CCCc3ccccc3C2)Oc2ccc(Br)cc21. The highest BCUT2D eigenvalue weighted by Crippen LogP contribution is 2.41. The molecule has 0 amide bonds. The van der Waals surface area contributed by atoms with Crippen molar-refractivity contribution in [3.05, 3.63) is 75.2 Å². The Kier molecular flexibility index (Phi) is 3.90. The van der Waals surface area contributed by atoms with Crippen molar-refractivity contribution in [3.8, 4) is 5.75 Å². The van der Waals surface area contributed by atoms with Gasteiger partial charge in [-0.3, -0.25) is 0 Å². The molecule has 0 N–H and O–H groups in total. The summed E-state index contributed by atoms with van der Waals surface area (Å²) in [7, 11) is 0. The number of aryl methyl sites for hydroxylation is 1. The molecule has 3 nitrogen and oxygen atoms in total. The molecule has 2 aliphatic rings. The Bertz CT molecular complexity index is 868. The van der Waals surface area contributed by atoms with Crippen LogP contribution in [0, 0.1) is 6.57 Å². The maximum absolute atomic E-state index is 7.18. The quantitative estimate of drug-likeness (QED) is 0.457. The molecule has 1 unspecified atom stereocenters. The summed E-state index contributed by atoms with van der Waals surface area (Å²) in [5.74, 6) is 0.839. The van der Waals surface area contributed by atoms with E-state index >= 15 is 0 Å². The number of benzene rings is 2. The number of nitrogens with zero attached hydrogens (tertiary/aromatic N) is 2. The van der Waals surface area contributed by atoms with E-state index in [1.54, 1.807) is 0 Å². The molecule has 0 radical (unpaired) electrons. The van der Waals surface area contributed by atoms with Gasteiger partial charge in [-0.15, -0.1) is 4.95 Å². The molecule has 0 fully saturated rings. The molecule has 4 rings (SSSR count). The fraction of sp³-hybridized carbons (Fsp3) is 0.300. The Labute approximate surface area is 150 Å². The van der Waals surface area contributed by atoms with Crippen molar-refractivity contribution in [1.29, 1.82) is 0 Å². The molecule has 120 valence electrons. The number of rotatable bonds is 0. The second-order valence-corrected chi connectivity index (χ2v) is 7.46. The van der Waals surface area contributed by atoms with Crippen molar-refractivity contribution in [1.82, 2.24) is 0 Å². The second kappa shape index (κ2) is 6.07. The summed E-state index contributed by atoms with van der Waals surface area (Å²) in [5.41, 5.74) is 4.26. The molecule has 0 saturated heterocycles. The zero-order valence-electron chi connectivity index (χ0n) is 13.3. The van der Waals surface area contributed by atoms with Gasteiger partial charge in [0.2, 0.25) is 0 Å². The number of hydrogen-bond acceptors (Lipinski definition) is 2. The Morgan fingerprint density at radius 3 is 2.79 bits per heavy atom. The standard InChI is InChI=1S/C20H17BrN2O/c1-22-23-18-13-20(24-19-9-8-16(21)11-17(18)19)10-4-7-14-5-2-3-6-15(14)12-20/h2-3,5-6,8-9,11H,4,7,10,12-13H2/b23-18+. The first-order valence-corrected chi connectivity index (χ1v) is 8.97. The summed E-state index contributed by atoms with van der Waals surface area (Å²) in [6.07, 6.45) is 4.72. The van der Waals surface area contributed by atoms with E-state index in [1.165, 1.54) is 11.1 Å². The average molecular weight is 381 g/mol. The highest BCUT2D eigenvalue weighted by Gasteiger charge is 2.41. The van der Waals surface area contributed by atoms with Gasteiger partial charge in [-0.25, -0.2) is 0 Å². The molecule has 24 heavy (non-hydrogen) atoms. The van der Waals surface area contributed by atoms with Gasteiger partial charge in [0.15, 0.2) is 0 Å². The van der Waals surface area contributed by atoms with Crippen LogP contribution in [0.2, 0.25) is 0 Å². The highest BCUT2D eigenvalue weighted by molar-refractivity contribution is 9.10. The van der Waals surface area contributed by atoms with Crippen molar-refractivity contribution in [2.45, 2.75) is 37.7 Å². The molecule has 1 aliphatic carbocycles. The van der Waals surface area contributed by atoms with Gasteiger partial charge in [0.1, 0.15) is 17.1 Å². The third kappa shape index (κ3) is 2.74. The van der Waals surface area contributed by atoms with Gasteiger partial charge < -0.3 is 4.74 Å². The van der Waals surface area contributed by atoms with Crippen LogP contribution in [0.1, 0.15) is 36.0 Å². The van der Waals surface area contributed by atoms with Crippen molar-refractivity contribution in [3.63, 3.8) is 0 Å².